The first-order valence-electron chi connectivity index (χ1n) is 4.60. The monoisotopic (exact) mass is 290 g/mol. The third-order valence-corrected chi connectivity index (χ3v) is 1.99. The van der Waals surface area contributed by atoms with Gasteiger partial charge in [0.05, 0.1) is 5.56 Å². The zero-order chi connectivity index (χ0) is 14.8. The summed E-state index contributed by atoms with van der Waals surface area (Å²) in [6.07, 6.45) is -6.12. The molecule has 0 bridgehead atoms. The molecule has 0 fully saturated rings. The van der Waals surface area contributed by atoms with E-state index in [1.165, 1.54) is 0 Å². The van der Waals surface area contributed by atoms with E-state index in [9.17, 15) is 35.5 Å². The molecule has 0 atom stereocenters. The summed E-state index contributed by atoms with van der Waals surface area (Å²) in [5, 5.41) is 0. The van der Waals surface area contributed by atoms with Crippen molar-refractivity contribution in [2.75, 3.05) is 0 Å². The van der Waals surface area contributed by atoms with E-state index < -0.39 is 35.8 Å². The summed E-state index contributed by atoms with van der Waals surface area (Å²) in [6.45, 7) is -3.46. The molecule has 19 heavy (non-hydrogen) atoms. The van der Waals surface area contributed by atoms with E-state index in [1.807, 2.05) is 0 Å². The van der Waals surface area contributed by atoms with Crippen LogP contribution in [0.25, 0.3) is 0 Å². The number of carbonyl (C=O) groups excluding carboxylic acids is 1. The van der Waals surface area contributed by atoms with Crippen molar-refractivity contribution in [1.82, 2.24) is 0 Å². The highest BCUT2D eigenvalue weighted by atomic mass is 19.4. The minimum Gasteiger partial charge on any atom is -0.434 e. The van der Waals surface area contributed by atoms with Gasteiger partial charge in [0, 0.05) is 0 Å². The summed E-state index contributed by atoms with van der Waals surface area (Å²) >= 11 is 0. The highest BCUT2D eigenvalue weighted by molar-refractivity contribution is 6.04. The van der Waals surface area contributed by atoms with Crippen molar-refractivity contribution in [3.8, 4) is 5.75 Å². The van der Waals surface area contributed by atoms with E-state index in [0.717, 1.165) is 12.1 Å². The predicted molar refractivity (Wildman–Crippen MR) is 48.4 cm³/mol. The second-order valence-corrected chi connectivity index (χ2v) is 3.28. The lowest BCUT2D eigenvalue weighted by Gasteiger charge is -2.19. The fraction of sp³-hybridized carbons (Fsp3) is 0.300. The molecule has 106 valence electrons. The number of alkyl halides is 7. The summed E-state index contributed by atoms with van der Waals surface area (Å²) in [5.41, 5.74) is -1.27. The zero-order valence-corrected chi connectivity index (χ0v) is 8.85. The van der Waals surface area contributed by atoms with Gasteiger partial charge in [-0.05, 0) is 12.1 Å². The van der Waals surface area contributed by atoms with Crippen LogP contribution in [-0.4, -0.2) is 24.5 Å². The number of ether oxygens (including phenoxy) is 1. The van der Waals surface area contributed by atoms with Crippen molar-refractivity contribution in [1.29, 1.82) is 0 Å². The number of hydrogen-bond donors (Lipinski definition) is 0. The van der Waals surface area contributed by atoms with Gasteiger partial charge < -0.3 is 4.74 Å². The van der Waals surface area contributed by atoms with Crippen LogP contribution < -0.4 is 4.74 Å². The summed E-state index contributed by atoms with van der Waals surface area (Å²) in [7, 11) is 0. The van der Waals surface area contributed by atoms with Crippen LogP contribution in [0.2, 0.25) is 0 Å². The number of para-hydroxylation sites is 1. The van der Waals surface area contributed by atoms with Gasteiger partial charge in [0.15, 0.2) is 0 Å². The Morgan fingerprint density at radius 2 is 1.58 bits per heavy atom. The Morgan fingerprint density at radius 1 is 1.05 bits per heavy atom. The number of carbonyl (C=O) groups is 1. The second-order valence-electron chi connectivity index (χ2n) is 3.28. The number of Topliss-reactive ketones (excluding diaryl/α,β-unsaturated/α-hetero) is 1. The zero-order valence-electron chi connectivity index (χ0n) is 8.85. The van der Waals surface area contributed by atoms with Crippen molar-refractivity contribution < 1.29 is 40.3 Å². The van der Waals surface area contributed by atoms with Crippen LogP contribution >= 0.6 is 0 Å². The van der Waals surface area contributed by atoms with Crippen molar-refractivity contribution >= 4 is 5.78 Å². The highest BCUT2D eigenvalue weighted by Crippen LogP contribution is 2.39. The molecule has 0 unspecified atom stereocenters. The Kier molecular flexibility index (Phi) is 4.06. The average Bonchev–Trinajstić information content (AvgIpc) is 2.26. The maximum absolute atomic E-state index is 12.8. The Hall–Kier alpha value is -1.80. The minimum absolute atomic E-state index is 0.541. The van der Waals surface area contributed by atoms with Gasteiger partial charge >= 0.3 is 18.7 Å². The molecule has 0 aliphatic carbocycles. The smallest absolute Gasteiger partial charge is 0.434 e. The Morgan fingerprint density at radius 3 is 2.05 bits per heavy atom. The van der Waals surface area contributed by atoms with Gasteiger partial charge in [-0.3, -0.25) is 4.79 Å². The fourth-order valence-corrected chi connectivity index (χ4v) is 1.15. The predicted octanol–water partition coefficient (Wildman–Crippen LogP) is 3.67. The minimum atomic E-state index is -6.12. The average molecular weight is 290 g/mol. The molecule has 0 heterocycles. The number of ketones is 1. The molecule has 0 saturated carbocycles. The van der Waals surface area contributed by atoms with Gasteiger partial charge in [-0.15, -0.1) is 0 Å². The standard InChI is InChI=1S/C10H5F7O2/c11-8(12)19-6-4-2-1-3-5(6)7(18)9(13,14)10(15,16)17/h1-4,8H. The molecule has 0 radical (unpaired) electrons. The molecule has 1 aromatic rings. The maximum Gasteiger partial charge on any atom is 0.461 e. The van der Waals surface area contributed by atoms with Crippen LogP contribution in [0.5, 0.6) is 5.75 Å². The lowest BCUT2D eigenvalue weighted by atomic mass is 10.0. The van der Waals surface area contributed by atoms with E-state index >= 15 is 0 Å². The molecule has 2 nitrogen and oxygen atoms in total. The first-order chi connectivity index (χ1) is 8.57. The summed E-state index contributed by atoms with van der Waals surface area (Å²) < 4.78 is 89.3. The van der Waals surface area contributed by atoms with Crippen molar-refractivity contribution in [3.63, 3.8) is 0 Å². The molecular formula is C10H5F7O2. The quantitative estimate of drug-likeness (QED) is 0.624. The van der Waals surface area contributed by atoms with Crippen LogP contribution in [-0.2, 0) is 0 Å². The Balaban J connectivity index is 3.20. The molecule has 9 heteroatoms. The third kappa shape index (κ3) is 3.15. The Bertz CT molecular complexity index is 467. The lowest BCUT2D eigenvalue weighted by molar-refractivity contribution is -0.255. The lowest BCUT2D eigenvalue weighted by Crippen LogP contribution is -2.44. The van der Waals surface area contributed by atoms with Crippen molar-refractivity contribution in [2.24, 2.45) is 0 Å². The van der Waals surface area contributed by atoms with Gasteiger partial charge in [-0.1, -0.05) is 12.1 Å². The van der Waals surface area contributed by atoms with E-state index in [-0.39, 0.29) is 0 Å². The highest BCUT2D eigenvalue weighted by Gasteiger charge is 2.63. The maximum atomic E-state index is 12.8. The first kappa shape index (κ1) is 15.3. The molecule has 1 rings (SSSR count). The van der Waals surface area contributed by atoms with E-state index in [2.05, 4.69) is 4.74 Å². The largest absolute Gasteiger partial charge is 0.461 e. The summed E-state index contributed by atoms with van der Waals surface area (Å²) in [4.78, 5) is 11.1. The molecule has 1 aromatic carbocycles. The van der Waals surface area contributed by atoms with Gasteiger partial charge in [0.25, 0.3) is 0 Å². The van der Waals surface area contributed by atoms with Gasteiger partial charge in [0.1, 0.15) is 5.75 Å². The van der Waals surface area contributed by atoms with Crippen LogP contribution in [0.4, 0.5) is 30.7 Å². The van der Waals surface area contributed by atoms with Crippen LogP contribution in [0.1, 0.15) is 10.4 Å². The van der Waals surface area contributed by atoms with Crippen LogP contribution in [0, 0.1) is 0 Å². The van der Waals surface area contributed by atoms with Crippen molar-refractivity contribution in [3.05, 3.63) is 29.8 Å². The SMILES string of the molecule is O=C(c1ccccc1OC(F)F)C(F)(F)C(F)(F)F. The fourth-order valence-electron chi connectivity index (χ4n) is 1.15. The number of benzene rings is 1. The van der Waals surface area contributed by atoms with Gasteiger partial charge in [0.2, 0.25) is 5.78 Å². The molecule has 0 saturated heterocycles. The van der Waals surface area contributed by atoms with Crippen molar-refractivity contribution in [2.45, 2.75) is 18.7 Å². The normalized spacial score (nSPS) is 12.6. The molecule has 0 aromatic heterocycles. The van der Waals surface area contributed by atoms with Gasteiger partial charge in [-0.2, -0.15) is 30.7 Å². The summed E-state index contributed by atoms with van der Waals surface area (Å²) in [5.74, 6) is -9.39. The molecule has 0 N–H and O–H groups in total. The van der Waals surface area contributed by atoms with Crippen LogP contribution in [0.15, 0.2) is 24.3 Å². The molecule has 0 amide bonds. The molecule has 0 aliphatic heterocycles. The summed E-state index contributed by atoms with van der Waals surface area (Å²) in [6, 6.07) is 3.21. The van der Waals surface area contributed by atoms with E-state index in [1.54, 1.807) is 0 Å². The molecular weight excluding hydrogens is 285 g/mol. The number of halogens is 7. The third-order valence-electron chi connectivity index (χ3n) is 1.99. The van der Waals surface area contributed by atoms with Crippen LogP contribution in [0.3, 0.4) is 0 Å². The number of rotatable bonds is 4. The molecule has 0 aliphatic rings. The number of hydrogen-bond acceptors (Lipinski definition) is 2. The Labute approximate surface area is 101 Å². The molecule has 0 spiro atoms. The topological polar surface area (TPSA) is 26.3 Å². The van der Waals surface area contributed by atoms with E-state index in [0.29, 0.717) is 12.1 Å². The first-order valence-corrected chi connectivity index (χ1v) is 4.60. The van der Waals surface area contributed by atoms with E-state index in [4.69, 9.17) is 0 Å². The second kappa shape index (κ2) is 5.06. The van der Waals surface area contributed by atoms with Gasteiger partial charge in [-0.25, -0.2) is 0 Å².